The number of rotatable bonds is 7. The van der Waals surface area contributed by atoms with Crippen molar-refractivity contribution >= 4 is 11.6 Å². The van der Waals surface area contributed by atoms with Gasteiger partial charge in [0.25, 0.3) is 5.91 Å². The molecule has 4 heteroatoms. The van der Waals surface area contributed by atoms with E-state index in [0.717, 1.165) is 12.8 Å². The zero-order valence-electron chi connectivity index (χ0n) is 14.0. The van der Waals surface area contributed by atoms with E-state index in [4.69, 9.17) is 15.9 Å². The second-order valence-electron chi connectivity index (χ2n) is 5.25. The zero-order chi connectivity index (χ0) is 17.4. The quantitative estimate of drug-likeness (QED) is 0.616. The molecule has 0 spiro atoms. The van der Waals surface area contributed by atoms with E-state index in [0.29, 0.717) is 34.9 Å². The molecule has 4 nitrogen and oxygen atoms in total. The van der Waals surface area contributed by atoms with E-state index < -0.39 is 0 Å². The highest BCUT2D eigenvalue weighted by Gasteiger charge is 2.11. The summed E-state index contributed by atoms with van der Waals surface area (Å²) >= 11 is 0. The highest BCUT2D eigenvalue weighted by Crippen LogP contribution is 2.28. The Hall–Kier alpha value is -2.93. The van der Waals surface area contributed by atoms with Gasteiger partial charge < -0.3 is 14.8 Å². The van der Waals surface area contributed by atoms with Crippen molar-refractivity contribution in [1.29, 1.82) is 0 Å². The van der Waals surface area contributed by atoms with Gasteiger partial charge in [0.1, 0.15) is 0 Å². The van der Waals surface area contributed by atoms with Crippen molar-refractivity contribution in [3.8, 4) is 23.8 Å². The number of nitrogens with one attached hydrogen (secondary N) is 1. The topological polar surface area (TPSA) is 47.6 Å². The molecular weight excluding hydrogens is 302 g/mol. The molecule has 24 heavy (non-hydrogen) atoms. The van der Waals surface area contributed by atoms with Crippen LogP contribution in [0.25, 0.3) is 0 Å². The monoisotopic (exact) mass is 323 g/mol. The van der Waals surface area contributed by atoms with Gasteiger partial charge in [0, 0.05) is 16.8 Å². The molecule has 0 aromatic heterocycles. The maximum Gasteiger partial charge on any atom is 0.255 e. The molecule has 0 saturated heterocycles. The smallest absolute Gasteiger partial charge is 0.255 e. The second kappa shape index (κ2) is 8.64. The van der Waals surface area contributed by atoms with Crippen LogP contribution in [-0.2, 0) is 0 Å². The summed E-state index contributed by atoms with van der Waals surface area (Å²) in [6.07, 6.45) is 7.40. The van der Waals surface area contributed by atoms with Gasteiger partial charge in [-0.2, -0.15) is 0 Å². The van der Waals surface area contributed by atoms with Gasteiger partial charge in [-0.15, -0.1) is 6.42 Å². The number of benzene rings is 2. The van der Waals surface area contributed by atoms with Gasteiger partial charge in [0.05, 0.1) is 13.7 Å². The van der Waals surface area contributed by atoms with Gasteiger partial charge in [0.15, 0.2) is 11.5 Å². The molecule has 2 aromatic rings. The number of unbranched alkanes of at least 4 members (excludes halogenated alkanes) is 1. The lowest BCUT2D eigenvalue weighted by Gasteiger charge is -2.12. The van der Waals surface area contributed by atoms with Gasteiger partial charge >= 0.3 is 0 Å². The van der Waals surface area contributed by atoms with Crippen LogP contribution in [0.15, 0.2) is 42.5 Å². The average Bonchev–Trinajstić information content (AvgIpc) is 2.62. The van der Waals surface area contributed by atoms with Crippen molar-refractivity contribution in [2.45, 2.75) is 19.8 Å². The van der Waals surface area contributed by atoms with E-state index in [1.54, 1.807) is 49.6 Å². The van der Waals surface area contributed by atoms with Crippen molar-refractivity contribution in [2.24, 2.45) is 0 Å². The van der Waals surface area contributed by atoms with Crippen LogP contribution in [0.5, 0.6) is 11.5 Å². The molecule has 0 fully saturated rings. The van der Waals surface area contributed by atoms with Crippen LogP contribution in [0.2, 0.25) is 0 Å². The molecule has 0 saturated carbocycles. The zero-order valence-corrected chi connectivity index (χ0v) is 14.0. The minimum absolute atomic E-state index is 0.234. The number of carbonyl (C=O) groups excluding carboxylic acids is 1. The SMILES string of the molecule is C#Cc1cccc(NC(=O)c2ccc(OCCCC)c(OC)c2)c1. The predicted molar refractivity (Wildman–Crippen MR) is 95.7 cm³/mol. The van der Waals surface area contributed by atoms with E-state index in [9.17, 15) is 4.79 Å². The van der Waals surface area contributed by atoms with Crippen molar-refractivity contribution in [2.75, 3.05) is 19.0 Å². The Kier molecular flexibility index (Phi) is 6.27. The van der Waals surface area contributed by atoms with Crippen molar-refractivity contribution in [3.05, 3.63) is 53.6 Å². The summed E-state index contributed by atoms with van der Waals surface area (Å²) in [5, 5.41) is 2.83. The second-order valence-corrected chi connectivity index (χ2v) is 5.25. The fourth-order valence-corrected chi connectivity index (χ4v) is 2.14. The van der Waals surface area contributed by atoms with Crippen LogP contribution in [0.4, 0.5) is 5.69 Å². The van der Waals surface area contributed by atoms with Gasteiger partial charge in [-0.25, -0.2) is 0 Å². The maximum absolute atomic E-state index is 12.4. The highest BCUT2D eigenvalue weighted by molar-refractivity contribution is 6.04. The maximum atomic E-state index is 12.4. The summed E-state index contributed by atoms with van der Waals surface area (Å²) in [7, 11) is 1.56. The molecule has 0 atom stereocenters. The van der Waals surface area contributed by atoms with Crippen LogP contribution in [0.1, 0.15) is 35.7 Å². The molecule has 2 rings (SSSR count). The third-order valence-corrected chi connectivity index (χ3v) is 3.47. The van der Waals surface area contributed by atoms with E-state index in [-0.39, 0.29) is 5.91 Å². The lowest BCUT2D eigenvalue weighted by molar-refractivity contribution is 0.102. The van der Waals surface area contributed by atoms with Crippen molar-refractivity contribution < 1.29 is 14.3 Å². The fraction of sp³-hybridized carbons (Fsp3) is 0.250. The third-order valence-electron chi connectivity index (χ3n) is 3.47. The Morgan fingerprint density at radius 2 is 2.04 bits per heavy atom. The molecule has 0 unspecified atom stereocenters. The first-order valence-electron chi connectivity index (χ1n) is 7.86. The van der Waals surface area contributed by atoms with Crippen LogP contribution in [0.3, 0.4) is 0 Å². The van der Waals surface area contributed by atoms with Gasteiger partial charge in [-0.3, -0.25) is 4.79 Å². The Bertz CT molecular complexity index is 747. The first kappa shape index (κ1) is 17.4. The minimum Gasteiger partial charge on any atom is -0.493 e. The standard InChI is InChI=1S/C20H21NO3/c1-4-6-12-24-18-11-10-16(14-19(18)23-3)20(22)21-17-9-7-8-15(5-2)13-17/h2,7-11,13-14H,4,6,12H2,1,3H3,(H,21,22). The molecule has 1 N–H and O–H groups in total. The first-order valence-corrected chi connectivity index (χ1v) is 7.86. The summed E-state index contributed by atoms with van der Waals surface area (Å²) in [4.78, 5) is 12.4. The van der Waals surface area contributed by atoms with Crippen LogP contribution in [0, 0.1) is 12.3 Å². The highest BCUT2D eigenvalue weighted by atomic mass is 16.5. The van der Waals surface area contributed by atoms with Gasteiger partial charge in [-0.1, -0.05) is 25.3 Å². The predicted octanol–water partition coefficient (Wildman–Crippen LogP) is 4.11. The fourth-order valence-electron chi connectivity index (χ4n) is 2.14. The molecule has 0 bridgehead atoms. The Morgan fingerprint density at radius 3 is 2.75 bits per heavy atom. The largest absolute Gasteiger partial charge is 0.493 e. The molecule has 0 aliphatic heterocycles. The Balaban J connectivity index is 2.13. The number of amides is 1. The number of anilines is 1. The summed E-state index contributed by atoms with van der Waals surface area (Å²) in [6.45, 7) is 2.72. The number of hydrogen-bond donors (Lipinski definition) is 1. The Morgan fingerprint density at radius 1 is 1.21 bits per heavy atom. The van der Waals surface area contributed by atoms with Crippen LogP contribution in [-0.4, -0.2) is 19.6 Å². The van der Waals surface area contributed by atoms with Crippen molar-refractivity contribution in [3.63, 3.8) is 0 Å². The van der Waals surface area contributed by atoms with Gasteiger partial charge in [-0.05, 0) is 42.8 Å². The lowest BCUT2D eigenvalue weighted by atomic mass is 10.1. The molecule has 0 aliphatic rings. The van der Waals surface area contributed by atoms with E-state index in [1.165, 1.54) is 0 Å². The summed E-state index contributed by atoms with van der Waals surface area (Å²) in [6, 6.07) is 12.3. The van der Waals surface area contributed by atoms with Crippen LogP contribution >= 0.6 is 0 Å². The van der Waals surface area contributed by atoms with E-state index in [2.05, 4.69) is 18.2 Å². The number of terminal acetylenes is 1. The summed E-state index contributed by atoms with van der Waals surface area (Å²) in [5.41, 5.74) is 1.85. The van der Waals surface area contributed by atoms with Crippen LogP contribution < -0.4 is 14.8 Å². The summed E-state index contributed by atoms with van der Waals surface area (Å²) < 4.78 is 11.0. The molecule has 2 aromatic carbocycles. The molecular formula is C20H21NO3. The first-order chi connectivity index (χ1) is 11.7. The summed E-state index contributed by atoms with van der Waals surface area (Å²) in [5.74, 6) is 3.48. The minimum atomic E-state index is -0.234. The third kappa shape index (κ3) is 4.53. The van der Waals surface area contributed by atoms with Gasteiger partial charge in [0.2, 0.25) is 0 Å². The van der Waals surface area contributed by atoms with Crippen molar-refractivity contribution in [1.82, 2.24) is 0 Å². The van der Waals surface area contributed by atoms with E-state index in [1.807, 2.05) is 0 Å². The number of hydrogen-bond acceptors (Lipinski definition) is 3. The molecule has 124 valence electrons. The van der Waals surface area contributed by atoms with E-state index >= 15 is 0 Å². The normalized spacial score (nSPS) is 9.88. The molecule has 0 heterocycles. The molecule has 1 amide bonds. The number of methoxy groups -OCH3 is 1. The molecule has 0 radical (unpaired) electrons. The number of ether oxygens (including phenoxy) is 2. The Labute approximate surface area is 142 Å². The lowest BCUT2D eigenvalue weighted by Crippen LogP contribution is -2.12. The average molecular weight is 323 g/mol. The molecule has 0 aliphatic carbocycles. The number of carbonyl (C=O) groups is 1.